The van der Waals surface area contributed by atoms with E-state index in [1.807, 2.05) is 0 Å². The van der Waals surface area contributed by atoms with Crippen molar-refractivity contribution < 1.29 is 14.9 Å². The van der Waals surface area contributed by atoms with Gasteiger partial charge in [-0.15, -0.1) is 0 Å². The molecule has 1 aromatic rings. The second-order valence-corrected chi connectivity index (χ2v) is 4.82. The Balaban J connectivity index is 2.22. The number of ether oxygens (including phenoxy) is 1. The first-order chi connectivity index (χ1) is 8.61. The molecule has 0 spiro atoms. The van der Waals surface area contributed by atoms with Crippen LogP contribution in [-0.4, -0.2) is 36.0 Å². The van der Waals surface area contributed by atoms with Gasteiger partial charge in [0, 0.05) is 6.54 Å². The van der Waals surface area contributed by atoms with E-state index in [4.69, 9.17) is 9.84 Å². The van der Waals surface area contributed by atoms with Crippen LogP contribution in [-0.2, 0) is 6.61 Å². The fraction of sp³-hybridized carbons (Fsp3) is 0.571. The minimum absolute atomic E-state index is 0.0298. The maximum atomic E-state index is 9.70. The molecule has 3 N–H and O–H groups in total. The highest BCUT2D eigenvalue weighted by atomic mass is 16.5. The lowest BCUT2D eigenvalue weighted by molar-refractivity contribution is 0.106. The first kappa shape index (κ1) is 15.0. The van der Waals surface area contributed by atoms with Gasteiger partial charge in [0.05, 0.1) is 6.61 Å². The van der Waals surface area contributed by atoms with Crippen LogP contribution >= 0.6 is 0 Å². The van der Waals surface area contributed by atoms with E-state index in [0.717, 1.165) is 12.1 Å². The van der Waals surface area contributed by atoms with Gasteiger partial charge in [0.15, 0.2) is 0 Å². The van der Waals surface area contributed by atoms with Crippen molar-refractivity contribution in [2.75, 3.05) is 19.7 Å². The molecule has 0 aromatic heterocycles. The van der Waals surface area contributed by atoms with Crippen molar-refractivity contribution >= 4 is 0 Å². The molecular weight excluding hydrogens is 230 g/mol. The molecule has 0 saturated carbocycles. The Hall–Kier alpha value is -1.10. The van der Waals surface area contributed by atoms with E-state index < -0.39 is 6.10 Å². The van der Waals surface area contributed by atoms with E-state index in [0.29, 0.717) is 18.2 Å². The number of aliphatic hydroxyl groups excluding tert-OH is 2. The summed E-state index contributed by atoms with van der Waals surface area (Å²) in [5, 5.41) is 21.8. The molecule has 4 nitrogen and oxygen atoms in total. The summed E-state index contributed by atoms with van der Waals surface area (Å²) in [6.07, 6.45) is -0.513. The average Bonchev–Trinajstić information content (AvgIpc) is 2.36. The lowest BCUT2D eigenvalue weighted by Crippen LogP contribution is -2.33. The van der Waals surface area contributed by atoms with Crippen LogP contribution in [0.4, 0.5) is 0 Å². The maximum absolute atomic E-state index is 9.70. The molecular formula is C14H23NO3. The number of aliphatic hydroxyl groups is 2. The highest BCUT2D eigenvalue weighted by molar-refractivity contribution is 5.26. The molecule has 0 aliphatic heterocycles. The number of rotatable bonds is 8. The Morgan fingerprint density at radius 2 is 1.83 bits per heavy atom. The quantitative estimate of drug-likeness (QED) is 0.651. The molecule has 1 atom stereocenters. The smallest absolute Gasteiger partial charge is 0.119 e. The van der Waals surface area contributed by atoms with Gasteiger partial charge in [-0.1, -0.05) is 26.0 Å². The Labute approximate surface area is 109 Å². The number of hydrogen-bond donors (Lipinski definition) is 3. The molecule has 1 rings (SSSR count). The monoisotopic (exact) mass is 253 g/mol. The zero-order valence-corrected chi connectivity index (χ0v) is 11.1. The van der Waals surface area contributed by atoms with Crippen LogP contribution in [0.1, 0.15) is 19.4 Å². The van der Waals surface area contributed by atoms with Gasteiger partial charge in [-0.25, -0.2) is 0 Å². The summed E-state index contributed by atoms with van der Waals surface area (Å²) < 4.78 is 5.45. The summed E-state index contributed by atoms with van der Waals surface area (Å²) >= 11 is 0. The van der Waals surface area contributed by atoms with Crippen molar-refractivity contribution in [3.05, 3.63) is 29.8 Å². The Bertz CT molecular complexity index is 324. The van der Waals surface area contributed by atoms with Crippen LogP contribution in [0.15, 0.2) is 24.3 Å². The van der Waals surface area contributed by atoms with Gasteiger partial charge in [-0.3, -0.25) is 0 Å². The zero-order valence-electron chi connectivity index (χ0n) is 11.1. The fourth-order valence-electron chi connectivity index (χ4n) is 1.48. The summed E-state index contributed by atoms with van der Waals surface area (Å²) in [6, 6.07) is 7.19. The summed E-state index contributed by atoms with van der Waals surface area (Å²) in [7, 11) is 0. The molecule has 0 bridgehead atoms. The molecule has 0 fully saturated rings. The molecule has 1 unspecified atom stereocenters. The standard InChI is InChI=1S/C14H23NO3/c1-11(2)7-15-8-13(17)10-18-14-5-3-12(9-16)4-6-14/h3-6,11,13,15-17H,7-10H2,1-2H3. The van der Waals surface area contributed by atoms with Crippen molar-refractivity contribution in [2.45, 2.75) is 26.6 Å². The summed E-state index contributed by atoms with van der Waals surface area (Å²) in [6.45, 7) is 5.97. The Kier molecular flexibility index (Phi) is 6.72. The minimum atomic E-state index is -0.513. The van der Waals surface area contributed by atoms with E-state index in [2.05, 4.69) is 19.2 Å². The van der Waals surface area contributed by atoms with Gasteiger partial charge < -0.3 is 20.3 Å². The first-order valence-electron chi connectivity index (χ1n) is 6.33. The van der Waals surface area contributed by atoms with Crippen molar-refractivity contribution in [1.29, 1.82) is 0 Å². The highest BCUT2D eigenvalue weighted by Crippen LogP contribution is 2.12. The molecule has 1 aromatic carbocycles. The topological polar surface area (TPSA) is 61.7 Å². The van der Waals surface area contributed by atoms with E-state index in [1.54, 1.807) is 24.3 Å². The molecule has 0 saturated heterocycles. The first-order valence-corrected chi connectivity index (χ1v) is 6.33. The molecule has 0 aliphatic rings. The van der Waals surface area contributed by atoms with Crippen LogP contribution in [0.5, 0.6) is 5.75 Å². The third-order valence-electron chi connectivity index (χ3n) is 2.48. The maximum Gasteiger partial charge on any atom is 0.119 e. The lowest BCUT2D eigenvalue weighted by atomic mass is 10.2. The third-order valence-corrected chi connectivity index (χ3v) is 2.48. The zero-order chi connectivity index (χ0) is 13.4. The molecule has 18 heavy (non-hydrogen) atoms. The van der Waals surface area contributed by atoms with Crippen LogP contribution < -0.4 is 10.1 Å². The second kappa shape index (κ2) is 8.08. The van der Waals surface area contributed by atoms with Crippen molar-refractivity contribution in [1.82, 2.24) is 5.32 Å². The molecule has 102 valence electrons. The van der Waals surface area contributed by atoms with Crippen molar-refractivity contribution in [3.8, 4) is 5.75 Å². The van der Waals surface area contributed by atoms with E-state index in [9.17, 15) is 5.11 Å². The van der Waals surface area contributed by atoms with E-state index in [-0.39, 0.29) is 13.2 Å². The number of hydrogen-bond acceptors (Lipinski definition) is 4. The van der Waals surface area contributed by atoms with Gasteiger partial charge in [-0.05, 0) is 30.2 Å². The Morgan fingerprint density at radius 1 is 1.17 bits per heavy atom. The van der Waals surface area contributed by atoms with E-state index >= 15 is 0 Å². The predicted molar refractivity (Wildman–Crippen MR) is 71.6 cm³/mol. The molecule has 0 aliphatic carbocycles. The predicted octanol–water partition coefficient (Wildman–Crippen LogP) is 1.16. The highest BCUT2D eigenvalue weighted by Gasteiger charge is 2.05. The van der Waals surface area contributed by atoms with Crippen molar-refractivity contribution in [3.63, 3.8) is 0 Å². The lowest BCUT2D eigenvalue weighted by Gasteiger charge is -2.14. The number of nitrogens with one attached hydrogen (secondary N) is 1. The third kappa shape index (κ3) is 6.00. The normalized spacial score (nSPS) is 12.7. The van der Waals surface area contributed by atoms with Gasteiger partial charge >= 0.3 is 0 Å². The SMILES string of the molecule is CC(C)CNCC(O)COc1ccc(CO)cc1. The molecule has 0 radical (unpaired) electrons. The van der Waals surface area contributed by atoms with Gasteiger partial charge in [0.1, 0.15) is 18.5 Å². The summed E-state index contributed by atoms with van der Waals surface area (Å²) in [5.74, 6) is 1.28. The fourth-order valence-corrected chi connectivity index (χ4v) is 1.48. The molecule has 4 heteroatoms. The van der Waals surface area contributed by atoms with Gasteiger partial charge in [0.25, 0.3) is 0 Å². The summed E-state index contributed by atoms with van der Waals surface area (Å²) in [4.78, 5) is 0. The van der Waals surface area contributed by atoms with Crippen LogP contribution in [0.3, 0.4) is 0 Å². The van der Waals surface area contributed by atoms with Gasteiger partial charge in [0.2, 0.25) is 0 Å². The van der Waals surface area contributed by atoms with E-state index in [1.165, 1.54) is 0 Å². The minimum Gasteiger partial charge on any atom is -0.491 e. The second-order valence-electron chi connectivity index (χ2n) is 4.82. The average molecular weight is 253 g/mol. The van der Waals surface area contributed by atoms with Crippen LogP contribution in [0, 0.1) is 5.92 Å². The van der Waals surface area contributed by atoms with Crippen molar-refractivity contribution in [2.24, 2.45) is 5.92 Å². The molecule has 0 heterocycles. The summed E-state index contributed by atoms with van der Waals surface area (Å²) in [5.41, 5.74) is 0.849. The Morgan fingerprint density at radius 3 is 2.39 bits per heavy atom. The molecule has 0 amide bonds. The largest absolute Gasteiger partial charge is 0.491 e. The van der Waals surface area contributed by atoms with Gasteiger partial charge in [-0.2, -0.15) is 0 Å². The number of benzene rings is 1. The van der Waals surface area contributed by atoms with Crippen LogP contribution in [0.2, 0.25) is 0 Å². The van der Waals surface area contributed by atoms with Crippen LogP contribution in [0.25, 0.3) is 0 Å².